The van der Waals surface area contributed by atoms with Crippen LogP contribution in [0, 0.1) is 5.92 Å². The van der Waals surface area contributed by atoms with Gasteiger partial charge in [0.05, 0.1) is 0 Å². The molecule has 12 heavy (non-hydrogen) atoms. The van der Waals surface area contributed by atoms with Gasteiger partial charge < -0.3 is 4.90 Å². The van der Waals surface area contributed by atoms with Gasteiger partial charge in [-0.25, -0.2) is 0 Å². The molecule has 0 bridgehead atoms. The summed E-state index contributed by atoms with van der Waals surface area (Å²) in [6.45, 7) is 2.54. The Balaban J connectivity index is 2.03. The van der Waals surface area contributed by atoms with Gasteiger partial charge in [0.25, 0.3) is 0 Å². The number of hydrogen-bond donors (Lipinski definition) is 1. The van der Waals surface area contributed by atoms with Crippen molar-refractivity contribution in [2.24, 2.45) is 5.92 Å². The lowest BCUT2D eigenvalue weighted by Crippen LogP contribution is -2.25. The second-order valence-electron chi connectivity index (χ2n) is 3.99. The van der Waals surface area contributed by atoms with Crippen molar-refractivity contribution in [1.29, 1.82) is 0 Å². The third-order valence-corrected chi connectivity index (χ3v) is 3.06. The molecule has 2 heteroatoms. The Kier molecular flexibility index (Phi) is 5.08. The van der Waals surface area contributed by atoms with Crippen molar-refractivity contribution in [2.45, 2.75) is 32.1 Å². The number of hydrogen-bond acceptors (Lipinski definition) is 2. The van der Waals surface area contributed by atoms with Gasteiger partial charge in [0.2, 0.25) is 0 Å². The van der Waals surface area contributed by atoms with Crippen LogP contribution in [-0.4, -0.2) is 30.8 Å². The van der Waals surface area contributed by atoms with Crippen molar-refractivity contribution in [3.8, 4) is 0 Å². The molecular formula is C10H21NS. The van der Waals surface area contributed by atoms with E-state index in [1.807, 2.05) is 0 Å². The van der Waals surface area contributed by atoms with Gasteiger partial charge in [-0.1, -0.05) is 12.8 Å². The van der Waals surface area contributed by atoms with E-state index in [1.165, 1.54) is 45.2 Å². The maximum Gasteiger partial charge on any atom is 0.000661 e. The van der Waals surface area contributed by atoms with Gasteiger partial charge >= 0.3 is 0 Å². The zero-order valence-corrected chi connectivity index (χ0v) is 9.02. The predicted molar refractivity (Wildman–Crippen MR) is 57.9 cm³/mol. The highest BCUT2D eigenvalue weighted by Gasteiger charge is 2.16. The summed E-state index contributed by atoms with van der Waals surface area (Å²) in [6.07, 6.45) is 7.08. The molecule has 0 spiro atoms. The normalized spacial score (nSPS) is 19.2. The van der Waals surface area contributed by atoms with Gasteiger partial charge in [0, 0.05) is 6.54 Å². The highest BCUT2D eigenvalue weighted by Crippen LogP contribution is 2.24. The molecule has 0 radical (unpaired) electrons. The summed E-state index contributed by atoms with van der Waals surface area (Å²) in [5, 5.41) is 0. The molecular weight excluding hydrogens is 166 g/mol. The SMILES string of the molecule is CN(CCCS)CC1CCCC1. The van der Waals surface area contributed by atoms with Gasteiger partial charge in [-0.3, -0.25) is 0 Å². The van der Waals surface area contributed by atoms with Gasteiger partial charge in [0.15, 0.2) is 0 Å². The summed E-state index contributed by atoms with van der Waals surface area (Å²) in [6, 6.07) is 0. The van der Waals surface area contributed by atoms with Crippen molar-refractivity contribution in [2.75, 3.05) is 25.9 Å². The first-order valence-electron chi connectivity index (χ1n) is 5.12. The lowest BCUT2D eigenvalue weighted by atomic mass is 10.1. The molecule has 0 aromatic rings. The Morgan fingerprint density at radius 1 is 1.33 bits per heavy atom. The van der Waals surface area contributed by atoms with Crippen molar-refractivity contribution in [3.05, 3.63) is 0 Å². The van der Waals surface area contributed by atoms with Gasteiger partial charge in [0.1, 0.15) is 0 Å². The molecule has 0 unspecified atom stereocenters. The first-order chi connectivity index (χ1) is 5.83. The van der Waals surface area contributed by atoms with Crippen LogP contribution >= 0.6 is 12.6 Å². The molecule has 0 aromatic heterocycles. The largest absolute Gasteiger partial charge is 0.306 e. The fraction of sp³-hybridized carbons (Fsp3) is 1.00. The van der Waals surface area contributed by atoms with E-state index in [2.05, 4.69) is 24.6 Å². The second-order valence-corrected chi connectivity index (χ2v) is 4.44. The zero-order valence-electron chi connectivity index (χ0n) is 8.13. The molecule has 0 heterocycles. The lowest BCUT2D eigenvalue weighted by Gasteiger charge is -2.19. The van der Waals surface area contributed by atoms with Crippen LogP contribution in [0.4, 0.5) is 0 Å². The molecule has 0 aliphatic heterocycles. The highest BCUT2D eigenvalue weighted by atomic mass is 32.1. The molecule has 1 rings (SSSR count). The summed E-state index contributed by atoms with van der Waals surface area (Å²) in [4.78, 5) is 2.46. The molecule has 1 aliphatic carbocycles. The first kappa shape index (κ1) is 10.4. The Morgan fingerprint density at radius 3 is 2.58 bits per heavy atom. The van der Waals surface area contributed by atoms with Crippen LogP contribution in [-0.2, 0) is 0 Å². The topological polar surface area (TPSA) is 3.24 Å². The summed E-state index contributed by atoms with van der Waals surface area (Å²) in [5.74, 6) is 2.02. The maximum absolute atomic E-state index is 4.22. The number of rotatable bonds is 5. The van der Waals surface area contributed by atoms with Crippen LogP contribution in [0.2, 0.25) is 0 Å². The van der Waals surface area contributed by atoms with E-state index in [4.69, 9.17) is 0 Å². The van der Waals surface area contributed by atoms with E-state index in [1.54, 1.807) is 0 Å². The van der Waals surface area contributed by atoms with Gasteiger partial charge in [-0.15, -0.1) is 0 Å². The van der Waals surface area contributed by atoms with Crippen molar-refractivity contribution in [1.82, 2.24) is 4.90 Å². The molecule has 1 nitrogen and oxygen atoms in total. The van der Waals surface area contributed by atoms with Crippen LogP contribution < -0.4 is 0 Å². The Morgan fingerprint density at radius 2 is 2.00 bits per heavy atom. The van der Waals surface area contributed by atoms with Gasteiger partial charge in [-0.2, -0.15) is 12.6 Å². The van der Waals surface area contributed by atoms with E-state index in [0.717, 1.165) is 11.7 Å². The summed E-state index contributed by atoms with van der Waals surface area (Å²) in [7, 11) is 2.24. The summed E-state index contributed by atoms with van der Waals surface area (Å²) in [5.41, 5.74) is 0. The Bertz CT molecular complexity index is 110. The lowest BCUT2D eigenvalue weighted by molar-refractivity contribution is 0.279. The molecule has 1 aliphatic rings. The summed E-state index contributed by atoms with van der Waals surface area (Å²) < 4.78 is 0. The van der Waals surface area contributed by atoms with E-state index < -0.39 is 0 Å². The number of nitrogens with zero attached hydrogens (tertiary/aromatic N) is 1. The molecule has 0 N–H and O–H groups in total. The smallest absolute Gasteiger partial charge is 0.000661 e. The van der Waals surface area contributed by atoms with E-state index in [9.17, 15) is 0 Å². The molecule has 0 amide bonds. The molecule has 1 saturated carbocycles. The highest BCUT2D eigenvalue weighted by molar-refractivity contribution is 7.80. The van der Waals surface area contributed by atoms with Crippen molar-refractivity contribution >= 4 is 12.6 Å². The molecule has 0 saturated heterocycles. The number of thiol groups is 1. The van der Waals surface area contributed by atoms with E-state index >= 15 is 0 Å². The maximum atomic E-state index is 4.22. The minimum absolute atomic E-state index is 0.995. The third-order valence-electron chi connectivity index (χ3n) is 2.74. The van der Waals surface area contributed by atoms with Gasteiger partial charge in [-0.05, 0) is 44.5 Å². The van der Waals surface area contributed by atoms with Crippen molar-refractivity contribution in [3.63, 3.8) is 0 Å². The standard InChI is InChI=1S/C10H21NS/c1-11(7-4-8-12)9-10-5-2-3-6-10/h10,12H,2-9H2,1H3. The van der Waals surface area contributed by atoms with Crippen LogP contribution in [0.5, 0.6) is 0 Å². The minimum atomic E-state index is 0.995. The average Bonchev–Trinajstić information content (AvgIpc) is 2.53. The molecule has 0 aromatic carbocycles. The second kappa shape index (κ2) is 5.87. The first-order valence-corrected chi connectivity index (χ1v) is 5.75. The van der Waals surface area contributed by atoms with Crippen LogP contribution in [0.15, 0.2) is 0 Å². The fourth-order valence-electron chi connectivity index (χ4n) is 2.07. The monoisotopic (exact) mass is 187 g/mol. The van der Waals surface area contributed by atoms with Crippen LogP contribution in [0.25, 0.3) is 0 Å². The average molecular weight is 187 g/mol. The van der Waals surface area contributed by atoms with Crippen molar-refractivity contribution < 1.29 is 0 Å². The third kappa shape index (κ3) is 3.81. The predicted octanol–water partition coefficient (Wildman–Crippen LogP) is 2.43. The molecule has 72 valence electrons. The summed E-state index contributed by atoms with van der Waals surface area (Å²) >= 11 is 4.22. The minimum Gasteiger partial charge on any atom is -0.306 e. The van der Waals surface area contributed by atoms with Crippen LogP contribution in [0.1, 0.15) is 32.1 Å². The van der Waals surface area contributed by atoms with Crippen LogP contribution in [0.3, 0.4) is 0 Å². The zero-order chi connectivity index (χ0) is 8.81. The molecule has 0 atom stereocenters. The quantitative estimate of drug-likeness (QED) is 0.647. The van der Waals surface area contributed by atoms with E-state index in [-0.39, 0.29) is 0 Å². The Hall–Kier alpha value is 0.310. The Labute approximate surface area is 81.9 Å². The van der Waals surface area contributed by atoms with E-state index in [0.29, 0.717) is 0 Å². The molecule has 1 fully saturated rings. The fourth-order valence-corrected chi connectivity index (χ4v) is 2.21.